The van der Waals surface area contributed by atoms with E-state index in [1.165, 1.54) is 76.0 Å². The Labute approximate surface area is 421 Å². The number of nitrogens with zero attached hydrogens (tertiary/aromatic N) is 1. The lowest BCUT2D eigenvalue weighted by Crippen LogP contribution is -2.15. The Hall–Kier alpha value is -4.17. The number of ether oxygens (including phenoxy) is 4. The van der Waals surface area contributed by atoms with Crippen LogP contribution in [0.25, 0.3) is 41.1 Å². The molecule has 0 bridgehead atoms. The van der Waals surface area contributed by atoms with Crippen molar-refractivity contribution in [1.82, 2.24) is 0 Å². The topological polar surface area (TPSA) is 57.2 Å². The summed E-state index contributed by atoms with van der Waals surface area (Å²) < 4.78 is 27.7. The Morgan fingerprint density at radius 1 is 0.507 bits per heavy atom. The zero-order valence-corrected chi connectivity index (χ0v) is 43.7. The van der Waals surface area contributed by atoms with Crippen LogP contribution in [0.4, 0.5) is 17.1 Å². The molecule has 0 N–H and O–H groups in total. The number of carbonyl (C=O) groups excluding carboxylic acids is 1. The number of hydrogen-bond acceptors (Lipinski definition) is 12. The van der Waals surface area contributed by atoms with Crippen LogP contribution in [-0.4, -0.2) is 44.2 Å². The van der Waals surface area contributed by atoms with Crippen LogP contribution in [0.3, 0.4) is 0 Å². The maximum Gasteiger partial charge on any atom is 0.186 e. The molecule has 0 aliphatic carbocycles. The monoisotopic (exact) mass is 1010 g/mol. The van der Waals surface area contributed by atoms with Gasteiger partial charge in [0.2, 0.25) is 0 Å². The summed E-state index contributed by atoms with van der Waals surface area (Å²) in [5.41, 5.74) is 6.58. The van der Waals surface area contributed by atoms with Gasteiger partial charge in [-0.05, 0) is 102 Å². The summed E-state index contributed by atoms with van der Waals surface area (Å²) in [6, 6.07) is 35.0. The summed E-state index contributed by atoms with van der Waals surface area (Å²) >= 11 is 10.7. The summed E-state index contributed by atoms with van der Waals surface area (Å²) in [7, 11) is 0. The molecule has 6 nitrogen and oxygen atoms in total. The fraction of sp³-hybridized carbons (Fsp3) is 0.364. The molecule has 4 aromatic heterocycles. The Bertz CT molecular complexity index is 2570. The first-order valence-corrected chi connectivity index (χ1v) is 29.1. The second-order valence-corrected chi connectivity index (χ2v) is 23.9. The Balaban J connectivity index is 1.02. The lowest BCUT2D eigenvalue weighted by Gasteiger charge is -2.26. The highest BCUT2D eigenvalue weighted by Crippen LogP contribution is 2.55. The number of fused-ring (bicyclic) bond motifs is 2. The minimum Gasteiger partial charge on any atom is -0.485 e. The highest BCUT2D eigenvalue weighted by atomic mass is 32.2. The minimum atomic E-state index is 0.556. The Kier molecular flexibility index (Phi) is 16.4. The predicted octanol–water partition coefficient (Wildman–Crippen LogP) is 18.0. The molecular formula is C55H59NO5S6. The van der Waals surface area contributed by atoms with Gasteiger partial charge in [-0.15, -0.1) is 68.9 Å². The van der Waals surface area contributed by atoms with E-state index in [2.05, 4.69) is 118 Å². The van der Waals surface area contributed by atoms with Crippen molar-refractivity contribution in [3.05, 3.63) is 102 Å². The van der Waals surface area contributed by atoms with Crippen molar-refractivity contribution in [3.63, 3.8) is 0 Å². The summed E-state index contributed by atoms with van der Waals surface area (Å²) in [6.07, 6.45) is 10.9. The molecular weight excluding hydrogens is 947 g/mol. The number of rotatable bonds is 22. The molecule has 350 valence electrons. The first-order valence-electron chi connectivity index (χ1n) is 23.8. The largest absolute Gasteiger partial charge is 0.485 e. The third-order valence-corrected chi connectivity index (χ3v) is 20.2. The number of thioether (sulfide) groups is 2. The molecule has 9 rings (SSSR count). The van der Waals surface area contributed by atoms with Crippen molar-refractivity contribution in [2.24, 2.45) is 11.8 Å². The van der Waals surface area contributed by atoms with Gasteiger partial charge in [0.25, 0.3) is 0 Å². The molecule has 2 unspecified atom stereocenters. The molecule has 0 spiro atoms. The highest BCUT2D eigenvalue weighted by molar-refractivity contribution is 8.01. The SMILES string of the molecule is CCCCC(CC)CSc1sc(-c2ccc(N(c3ccc(-c4ccc(-c5ccc(C=O)s5)s4)cc3)c3ccc(-c4sc(SCC(CC)CCCC)c5c4OCCO5)cc3)cc2)c2c1OCCO2. The standard InChI is InChI=1S/C55H59NO5S6/c1-5-9-11-36(7-3)34-62-54-50-48(58-29-31-60-50)52(66-54)39-15-21-42(22-16-39)56(41-19-13-38(14-20-41)45-27-28-47(65-45)46-26-25-44(33-57)64-46)43-23-17-40(18-24-43)53-49-51(61-32-30-59-49)55(67-53)63-35-37(8-4)12-10-6-2/h13-28,33,36-37H,5-12,29-32,34-35H2,1-4H3. The Morgan fingerprint density at radius 2 is 0.925 bits per heavy atom. The summed E-state index contributed by atoms with van der Waals surface area (Å²) in [4.78, 5) is 20.2. The van der Waals surface area contributed by atoms with Gasteiger partial charge in [0.1, 0.15) is 34.8 Å². The lowest BCUT2D eigenvalue weighted by molar-refractivity contribution is 0.112. The van der Waals surface area contributed by atoms with Gasteiger partial charge in [-0.25, -0.2) is 0 Å². The van der Waals surface area contributed by atoms with E-state index >= 15 is 0 Å². The van der Waals surface area contributed by atoms with Gasteiger partial charge in [-0.1, -0.05) is 103 Å². The van der Waals surface area contributed by atoms with Crippen LogP contribution in [0.2, 0.25) is 0 Å². The normalized spacial score (nSPS) is 14.0. The average molecular weight is 1010 g/mol. The van der Waals surface area contributed by atoms with Gasteiger partial charge >= 0.3 is 0 Å². The van der Waals surface area contributed by atoms with Crippen LogP contribution in [0.5, 0.6) is 23.0 Å². The number of unbranched alkanes of at least 4 members (excludes halogenated alkanes) is 2. The maximum absolute atomic E-state index is 11.4. The van der Waals surface area contributed by atoms with E-state index in [1.807, 2.05) is 35.7 Å². The van der Waals surface area contributed by atoms with Crippen LogP contribution in [0.1, 0.15) is 88.7 Å². The van der Waals surface area contributed by atoms with E-state index in [4.69, 9.17) is 18.9 Å². The van der Waals surface area contributed by atoms with E-state index < -0.39 is 0 Å². The number of carbonyl (C=O) groups is 1. The van der Waals surface area contributed by atoms with Crippen LogP contribution in [0, 0.1) is 11.8 Å². The number of aldehydes is 1. The van der Waals surface area contributed by atoms with Crippen molar-refractivity contribution in [3.8, 4) is 64.1 Å². The van der Waals surface area contributed by atoms with Crippen molar-refractivity contribution in [1.29, 1.82) is 0 Å². The van der Waals surface area contributed by atoms with Crippen LogP contribution in [-0.2, 0) is 0 Å². The first-order chi connectivity index (χ1) is 33.0. The second-order valence-electron chi connectivity index (χ2n) is 17.1. The molecule has 7 aromatic rings. The van der Waals surface area contributed by atoms with Crippen LogP contribution >= 0.6 is 68.9 Å². The average Bonchev–Trinajstić information content (AvgIpc) is 4.21. The van der Waals surface area contributed by atoms with Crippen LogP contribution in [0.15, 0.2) is 105 Å². The number of thiophene rings is 4. The number of anilines is 3. The summed E-state index contributed by atoms with van der Waals surface area (Å²) in [5, 5.41) is 0. The van der Waals surface area contributed by atoms with Gasteiger partial charge in [-0.3, -0.25) is 4.79 Å². The van der Waals surface area contributed by atoms with E-state index in [0.29, 0.717) is 38.3 Å². The van der Waals surface area contributed by atoms with E-state index in [1.54, 1.807) is 34.0 Å². The molecule has 0 saturated carbocycles. The lowest BCUT2D eigenvalue weighted by atomic mass is 10.0. The quantitative estimate of drug-likeness (QED) is 0.0492. The highest BCUT2D eigenvalue weighted by Gasteiger charge is 2.28. The third-order valence-electron chi connectivity index (χ3n) is 12.5. The van der Waals surface area contributed by atoms with Crippen molar-refractivity contribution in [2.45, 2.75) is 87.5 Å². The molecule has 2 atom stereocenters. The van der Waals surface area contributed by atoms with E-state index in [9.17, 15) is 4.79 Å². The fourth-order valence-corrected chi connectivity index (χ4v) is 15.8. The van der Waals surface area contributed by atoms with E-state index in [0.717, 1.165) is 98.9 Å². The molecule has 12 heteroatoms. The molecule has 0 radical (unpaired) electrons. The molecule has 0 saturated heterocycles. The molecule has 0 amide bonds. The predicted molar refractivity (Wildman–Crippen MR) is 290 cm³/mol. The van der Waals surface area contributed by atoms with Gasteiger partial charge in [0.05, 0.1) is 14.6 Å². The van der Waals surface area contributed by atoms with E-state index in [-0.39, 0.29) is 0 Å². The zero-order valence-electron chi connectivity index (χ0n) is 38.8. The van der Waals surface area contributed by atoms with Gasteiger partial charge in [0, 0.05) is 43.2 Å². The maximum atomic E-state index is 11.4. The van der Waals surface area contributed by atoms with Crippen molar-refractivity contribution in [2.75, 3.05) is 42.8 Å². The molecule has 0 fully saturated rings. The third kappa shape index (κ3) is 11.0. The van der Waals surface area contributed by atoms with Gasteiger partial charge in [0.15, 0.2) is 29.3 Å². The van der Waals surface area contributed by atoms with Crippen molar-refractivity contribution < 1.29 is 23.7 Å². The number of hydrogen-bond donors (Lipinski definition) is 0. The summed E-state index contributed by atoms with van der Waals surface area (Å²) in [6.45, 7) is 11.5. The smallest absolute Gasteiger partial charge is 0.186 e. The number of benzene rings is 3. The van der Waals surface area contributed by atoms with Gasteiger partial charge in [-0.2, -0.15) is 0 Å². The Morgan fingerprint density at radius 3 is 1.36 bits per heavy atom. The molecule has 6 heterocycles. The second kappa shape index (κ2) is 23.0. The summed E-state index contributed by atoms with van der Waals surface area (Å²) in [5.74, 6) is 7.17. The molecule has 67 heavy (non-hydrogen) atoms. The zero-order chi connectivity index (χ0) is 46.1. The molecule has 2 aliphatic rings. The minimum absolute atomic E-state index is 0.556. The van der Waals surface area contributed by atoms with Crippen molar-refractivity contribution >= 4 is 92.2 Å². The first kappa shape index (κ1) is 47.9. The van der Waals surface area contributed by atoms with Gasteiger partial charge < -0.3 is 23.8 Å². The molecule has 2 aliphatic heterocycles. The fourth-order valence-electron chi connectivity index (χ4n) is 8.52. The van der Waals surface area contributed by atoms with Crippen LogP contribution < -0.4 is 23.8 Å². The molecule has 3 aromatic carbocycles.